The van der Waals surface area contributed by atoms with Crippen LogP contribution >= 0.6 is 22.6 Å². The monoisotopic (exact) mass is 712 g/mol. The van der Waals surface area contributed by atoms with E-state index in [4.69, 9.17) is 17.2 Å². The van der Waals surface area contributed by atoms with Crippen LogP contribution in [0.5, 0.6) is 0 Å². The van der Waals surface area contributed by atoms with E-state index in [1.54, 1.807) is 12.2 Å². The SMILES string of the molecule is C.C=C.C=C/C(=C/CC)CCCCCNC.C=CC(N)C(C)(C)C.C=CCN.CCC.CCN.CN(C)C.IC1CC1. The van der Waals surface area contributed by atoms with Gasteiger partial charge >= 0.3 is 0 Å². The molecule has 1 rings (SSSR count). The van der Waals surface area contributed by atoms with Gasteiger partial charge in [-0.25, -0.2) is 0 Å². The highest BCUT2D eigenvalue weighted by atomic mass is 127. The van der Waals surface area contributed by atoms with E-state index in [-0.39, 0.29) is 18.9 Å². The number of halogens is 1. The van der Waals surface area contributed by atoms with E-state index in [9.17, 15) is 0 Å². The molecule has 0 heterocycles. The Kier molecular flexibility index (Phi) is 80.7. The van der Waals surface area contributed by atoms with Gasteiger partial charge in [-0.05, 0) is 85.2 Å². The van der Waals surface area contributed by atoms with Gasteiger partial charge in [0.05, 0.1) is 0 Å². The van der Waals surface area contributed by atoms with Gasteiger partial charge in [0.1, 0.15) is 0 Å². The van der Waals surface area contributed by atoms with E-state index >= 15 is 0 Å². The van der Waals surface area contributed by atoms with Gasteiger partial charge in [-0.1, -0.05) is 128 Å². The molecule has 1 unspecified atom stereocenters. The molecule has 0 radical (unpaired) electrons. The van der Waals surface area contributed by atoms with Crippen LogP contribution < -0.4 is 22.5 Å². The fourth-order valence-corrected chi connectivity index (χ4v) is 2.13. The molecule has 1 saturated carbocycles. The number of hydrogen-bond donors (Lipinski definition) is 4. The molecular formula is C36H82IN5. The Balaban J connectivity index is -0.0000000573. The molecule has 1 fully saturated rings. The van der Waals surface area contributed by atoms with Crippen molar-refractivity contribution in [1.82, 2.24) is 10.2 Å². The lowest BCUT2D eigenvalue weighted by atomic mass is 9.88. The zero-order valence-corrected chi connectivity index (χ0v) is 32.0. The number of nitrogens with one attached hydrogen (secondary N) is 1. The van der Waals surface area contributed by atoms with Crippen molar-refractivity contribution in [3.05, 3.63) is 62.8 Å². The van der Waals surface area contributed by atoms with Crippen LogP contribution in [0.2, 0.25) is 0 Å². The van der Waals surface area contributed by atoms with Gasteiger partial charge < -0.3 is 27.4 Å². The number of nitrogens with two attached hydrogens (primary N) is 3. The van der Waals surface area contributed by atoms with Gasteiger partial charge in [0, 0.05) is 16.5 Å². The van der Waals surface area contributed by atoms with Crippen LogP contribution in [0.15, 0.2) is 62.8 Å². The molecule has 1 atom stereocenters. The maximum absolute atomic E-state index is 5.63. The lowest BCUT2D eigenvalue weighted by molar-refractivity contribution is 0.366. The first-order valence-corrected chi connectivity index (χ1v) is 16.5. The molecule has 0 aromatic carbocycles. The van der Waals surface area contributed by atoms with Crippen LogP contribution in [0.25, 0.3) is 0 Å². The van der Waals surface area contributed by atoms with Crippen LogP contribution in [-0.4, -0.2) is 62.7 Å². The highest BCUT2D eigenvalue weighted by Crippen LogP contribution is 2.28. The number of rotatable bonds is 10. The molecule has 0 aliphatic heterocycles. The standard InChI is InChI=1S/C12H23N.C7H15N.C3H5I.C3H9N.C3H7N.C3H8.C2H7N.C2H4.CH4/c1-4-9-12(5-2)10-7-6-8-11-13-3;1-5-6(8)7(2,3)4;4-3-1-2-3;1-4(2)3;1-2-3-4;1-3-2;1-2-3;1-2;/h5,9,13H,2,4,6-8,10-11H2,1,3H3;5-6H,1,8H2,2-4H3;3H,1-2H2;1-3H3;2H,1,3-4H2;3H2,1-2H3;2-3H2,1H3;1-2H2;1H4/b12-9-;;;;;;;;. The van der Waals surface area contributed by atoms with E-state index in [1.807, 2.05) is 46.1 Å². The van der Waals surface area contributed by atoms with E-state index in [0.29, 0.717) is 6.54 Å². The molecule has 258 valence electrons. The van der Waals surface area contributed by atoms with Crippen LogP contribution in [0, 0.1) is 5.41 Å². The first kappa shape index (κ1) is 60.4. The number of nitrogens with zero attached hydrogens (tertiary/aromatic N) is 1. The Labute approximate surface area is 282 Å². The normalized spacial score (nSPS) is 11.5. The topological polar surface area (TPSA) is 93.3 Å². The molecule has 0 bridgehead atoms. The van der Waals surface area contributed by atoms with Gasteiger partial charge in [-0.2, -0.15) is 0 Å². The van der Waals surface area contributed by atoms with E-state index < -0.39 is 0 Å². The van der Waals surface area contributed by atoms with Gasteiger partial charge in [0.25, 0.3) is 0 Å². The third-order valence-electron chi connectivity index (χ3n) is 4.05. The minimum atomic E-state index is 0. The Morgan fingerprint density at radius 2 is 1.33 bits per heavy atom. The fraction of sp³-hybridized carbons (Fsp3) is 0.722. The van der Waals surface area contributed by atoms with E-state index in [1.165, 1.54) is 50.5 Å². The number of alkyl halides is 1. The third-order valence-corrected chi connectivity index (χ3v) is 5.29. The largest absolute Gasteiger partial charge is 0.331 e. The maximum Gasteiger partial charge on any atom is 0.0270 e. The summed E-state index contributed by atoms with van der Waals surface area (Å²) in [5.74, 6) is 0. The molecule has 42 heavy (non-hydrogen) atoms. The van der Waals surface area contributed by atoms with E-state index in [0.717, 1.165) is 23.4 Å². The summed E-state index contributed by atoms with van der Waals surface area (Å²) in [7, 11) is 8.01. The van der Waals surface area contributed by atoms with Gasteiger partial charge in [-0.15, -0.1) is 26.3 Å². The summed E-state index contributed by atoms with van der Waals surface area (Å²) in [6, 6.07) is 0.113. The van der Waals surface area contributed by atoms with Gasteiger partial charge in [0.2, 0.25) is 0 Å². The lowest BCUT2D eigenvalue weighted by Crippen LogP contribution is -2.32. The van der Waals surface area contributed by atoms with Crippen molar-refractivity contribution in [2.75, 3.05) is 47.8 Å². The molecule has 7 N–H and O–H groups in total. The smallest absolute Gasteiger partial charge is 0.0270 e. The zero-order chi connectivity index (χ0) is 34.1. The Hall–Kier alpha value is -0.770. The molecule has 5 nitrogen and oxygen atoms in total. The zero-order valence-electron chi connectivity index (χ0n) is 29.8. The number of allylic oxidation sites excluding steroid dienone is 3. The Morgan fingerprint density at radius 1 is 0.976 bits per heavy atom. The van der Waals surface area contributed by atoms with Crippen LogP contribution in [0.1, 0.15) is 107 Å². The first-order valence-electron chi connectivity index (χ1n) is 15.3. The van der Waals surface area contributed by atoms with Gasteiger partial charge in [-0.3, -0.25) is 0 Å². The summed E-state index contributed by atoms with van der Waals surface area (Å²) >= 11 is 2.45. The van der Waals surface area contributed by atoms with Gasteiger partial charge in [0.15, 0.2) is 0 Å². The Bertz CT molecular complexity index is 491. The second-order valence-electron chi connectivity index (χ2n) is 10.6. The molecule has 0 spiro atoms. The predicted octanol–water partition coefficient (Wildman–Crippen LogP) is 9.55. The van der Waals surface area contributed by atoms with Crippen molar-refractivity contribution in [1.29, 1.82) is 0 Å². The van der Waals surface area contributed by atoms with Crippen molar-refractivity contribution < 1.29 is 0 Å². The highest BCUT2D eigenvalue weighted by Gasteiger charge is 2.16. The van der Waals surface area contributed by atoms with Crippen molar-refractivity contribution in [3.8, 4) is 0 Å². The fourth-order valence-electron chi connectivity index (χ4n) is 1.77. The summed E-state index contributed by atoms with van der Waals surface area (Å²) in [4.78, 5) is 2.00. The van der Waals surface area contributed by atoms with E-state index in [2.05, 4.69) is 108 Å². The molecule has 0 saturated heterocycles. The second kappa shape index (κ2) is 56.1. The average molecular weight is 712 g/mol. The quantitative estimate of drug-likeness (QED) is 0.0596. The summed E-state index contributed by atoms with van der Waals surface area (Å²) < 4.78 is 1.05. The molecule has 1 aliphatic carbocycles. The van der Waals surface area contributed by atoms with Crippen molar-refractivity contribution >= 4 is 22.6 Å². The Morgan fingerprint density at radius 3 is 1.50 bits per heavy atom. The molecule has 6 heteroatoms. The van der Waals surface area contributed by atoms with Crippen molar-refractivity contribution in [2.24, 2.45) is 22.6 Å². The minimum absolute atomic E-state index is 0. The summed E-state index contributed by atoms with van der Waals surface area (Å²) in [6.07, 6.45) is 18.1. The number of unbranched alkanes of at least 4 members (excludes halogenated alkanes) is 2. The first-order chi connectivity index (χ1) is 19.2. The minimum Gasteiger partial charge on any atom is -0.331 e. The van der Waals surface area contributed by atoms with Crippen LogP contribution in [-0.2, 0) is 0 Å². The van der Waals surface area contributed by atoms with Crippen molar-refractivity contribution in [2.45, 2.75) is 117 Å². The molecule has 0 aromatic heterocycles. The maximum atomic E-state index is 5.63. The van der Waals surface area contributed by atoms with Crippen LogP contribution in [0.3, 0.4) is 0 Å². The van der Waals surface area contributed by atoms with Crippen LogP contribution in [0.4, 0.5) is 0 Å². The molecular weight excluding hydrogens is 629 g/mol. The third kappa shape index (κ3) is 106. The van der Waals surface area contributed by atoms with Crippen molar-refractivity contribution in [3.63, 3.8) is 0 Å². The molecule has 1 aliphatic rings. The number of hydrogen-bond acceptors (Lipinski definition) is 5. The lowest BCUT2D eigenvalue weighted by Gasteiger charge is -2.23. The predicted molar refractivity (Wildman–Crippen MR) is 213 cm³/mol. The summed E-state index contributed by atoms with van der Waals surface area (Å²) in [6.45, 7) is 33.9. The highest BCUT2D eigenvalue weighted by molar-refractivity contribution is 14.1. The average Bonchev–Trinajstić information content (AvgIpc) is 3.71. The molecule has 0 amide bonds. The summed E-state index contributed by atoms with van der Waals surface area (Å²) in [5, 5.41) is 3.16. The molecule has 0 aromatic rings. The second-order valence-corrected chi connectivity index (χ2v) is 12.4. The summed E-state index contributed by atoms with van der Waals surface area (Å²) in [5.41, 5.74) is 17.0.